The van der Waals surface area contributed by atoms with Gasteiger partial charge in [-0.25, -0.2) is 0 Å². The third kappa shape index (κ3) is 6.41. The molecule has 0 aromatic heterocycles. The molecule has 0 aliphatic carbocycles. The zero-order valence-corrected chi connectivity index (χ0v) is 21.9. The van der Waals surface area contributed by atoms with Gasteiger partial charge in [-0.15, -0.1) is 0 Å². The van der Waals surface area contributed by atoms with Gasteiger partial charge in [0.2, 0.25) is 0 Å². The summed E-state index contributed by atoms with van der Waals surface area (Å²) in [6.07, 6.45) is 8.52. The third-order valence-electron chi connectivity index (χ3n) is 6.04. The summed E-state index contributed by atoms with van der Waals surface area (Å²) in [5.41, 5.74) is 7.24. The Morgan fingerprint density at radius 1 is 0.500 bits per heavy atom. The molecule has 2 nitrogen and oxygen atoms in total. The van der Waals surface area contributed by atoms with Crippen LogP contribution in [0.15, 0.2) is 60.7 Å². The Balaban J connectivity index is 1.80. The molecule has 0 unspecified atom stereocenters. The first-order valence-corrected chi connectivity index (χ1v) is 11.8. The Morgan fingerprint density at radius 3 is 1.15 bits per heavy atom. The van der Waals surface area contributed by atoms with Crippen molar-refractivity contribution in [1.29, 1.82) is 0 Å². The van der Waals surface area contributed by atoms with Crippen LogP contribution in [0.5, 0.6) is 11.5 Å². The highest BCUT2D eigenvalue weighted by Crippen LogP contribution is 2.30. The number of hydrogen-bond acceptors (Lipinski definition) is 2. The molecule has 178 valence electrons. The van der Waals surface area contributed by atoms with Crippen molar-refractivity contribution in [2.45, 2.75) is 52.4 Å². The molecule has 3 aromatic carbocycles. The van der Waals surface area contributed by atoms with Crippen molar-refractivity contribution in [2.24, 2.45) is 0 Å². The molecule has 0 fully saturated rings. The van der Waals surface area contributed by atoms with Crippen LogP contribution in [0.3, 0.4) is 0 Å². The molecule has 34 heavy (non-hydrogen) atoms. The molecule has 0 saturated heterocycles. The molecule has 0 bridgehead atoms. The fourth-order valence-corrected chi connectivity index (χ4v) is 3.75. The summed E-state index contributed by atoms with van der Waals surface area (Å²) >= 11 is 0. The summed E-state index contributed by atoms with van der Waals surface area (Å²) in [5.74, 6) is 1.77. The zero-order chi connectivity index (χ0) is 24.9. The van der Waals surface area contributed by atoms with Gasteiger partial charge in [0.05, 0.1) is 14.2 Å². The first-order valence-electron chi connectivity index (χ1n) is 11.8. The van der Waals surface area contributed by atoms with Gasteiger partial charge < -0.3 is 9.47 Å². The maximum Gasteiger partial charge on any atom is 0.126 e. The summed E-state index contributed by atoms with van der Waals surface area (Å²) in [6, 6.07) is 21.4. The Hall–Kier alpha value is -3.26. The van der Waals surface area contributed by atoms with Gasteiger partial charge in [0, 0.05) is 11.1 Å². The molecule has 0 aliphatic heterocycles. The highest BCUT2D eigenvalue weighted by atomic mass is 16.5. The van der Waals surface area contributed by atoms with Gasteiger partial charge in [-0.1, -0.05) is 102 Å². The van der Waals surface area contributed by atoms with E-state index in [2.05, 4.69) is 127 Å². The lowest BCUT2D eigenvalue weighted by atomic mass is 9.86. The first kappa shape index (κ1) is 25.4. The van der Waals surface area contributed by atoms with E-state index in [1.807, 2.05) is 0 Å². The maximum atomic E-state index is 5.57. The van der Waals surface area contributed by atoms with Crippen molar-refractivity contribution in [2.75, 3.05) is 14.2 Å². The second-order valence-corrected chi connectivity index (χ2v) is 10.7. The summed E-state index contributed by atoms with van der Waals surface area (Å²) in [6.45, 7) is 13.4. The molecule has 0 saturated carbocycles. The minimum atomic E-state index is 0.0952. The predicted octanol–water partition coefficient (Wildman–Crippen LogP) is 8.64. The minimum Gasteiger partial charge on any atom is -0.496 e. The van der Waals surface area contributed by atoms with E-state index in [0.29, 0.717) is 0 Å². The highest BCUT2D eigenvalue weighted by Gasteiger charge is 2.16. The first-order chi connectivity index (χ1) is 16.0. The monoisotopic (exact) mass is 454 g/mol. The Bertz CT molecular complexity index is 1070. The van der Waals surface area contributed by atoms with Gasteiger partial charge in [0.1, 0.15) is 11.5 Å². The average molecular weight is 455 g/mol. The highest BCUT2D eigenvalue weighted by molar-refractivity contribution is 5.76. The van der Waals surface area contributed by atoms with Gasteiger partial charge in [-0.05, 0) is 57.3 Å². The molecule has 2 heteroatoms. The van der Waals surface area contributed by atoms with Crippen LogP contribution in [0.2, 0.25) is 0 Å². The molecule has 0 radical (unpaired) electrons. The van der Waals surface area contributed by atoms with Crippen LogP contribution in [0.25, 0.3) is 24.3 Å². The van der Waals surface area contributed by atoms with Gasteiger partial charge in [0.25, 0.3) is 0 Å². The van der Waals surface area contributed by atoms with Crippen molar-refractivity contribution in [3.05, 3.63) is 94.0 Å². The van der Waals surface area contributed by atoms with Crippen molar-refractivity contribution in [3.63, 3.8) is 0 Å². The van der Waals surface area contributed by atoms with Crippen molar-refractivity contribution >= 4 is 24.3 Å². The summed E-state index contributed by atoms with van der Waals surface area (Å²) in [7, 11) is 3.44. The normalized spacial score (nSPS) is 12.5. The standard InChI is InChI=1S/C32H38O2/c1-31(2,3)27-17-19-29(33-7)25(21-27)15-13-23-9-11-24(12-10-23)14-16-26-22-28(32(4,5)6)18-20-30(26)34-8/h9-22H,1-8H3. The summed E-state index contributed by atoms with van der Waals surface area (Å²) in [4.78, 5) is 0. The smallest absolute Gasteiger partial charge is 0.126 e. The van der Waals surface area contributed by atoms with Gasteiger partial charge >= 0.3 is 0 Å². The van der Waals surface area contributed by atoms with Gasteiger partial charge in [0.15, 0.2) is 0 Å². The van der Waals surface area contributed by atoms with Crippen LogP contribution < -0.4 is 9.47 Å². The topological polar surface area (TPSA) is 18.5 Å². The summed E-state index contributed by atoms with van der Waals surface area (Å²) < 4.78 is 11.1. The summed E-state index contributed by atoms with van der Waals surface area (Å²) in [5, 5.41) is 0. The van der Waals surface area contributed by atoms with Crippen LogP contribution in [-0.4, -0.2) is 14.2 Å². The van der Waals surface area contributed by atoms with E-state index < -0.39 is 0 Å². The van der Waals surface area contributed by atoms with Gasteiger partial charge in [-0.3, -0.25) is 0 Å². The van der Waals surface area contributed by atoms with E-state index in [4.69, 9.17) is 9.47 Å². The second kappa shape index (κ2) is 10.3. The molecule has 3 aromatic rings. The number of benzene rings is 3. The van der Waals surface area contributed by atoms with Crippen molar-refractivity contribution in [3.8, 4) is 11.5 Å². The Kier molecular flexibility index (Phi) is 7.71. The molecule has 0 aliphatic rings. The van der Waals surface area contributed by atoms with E-state index in [0.717, 1.165) is 33.8 Å². The lowest BCUT2D eigenvalue weighted by Crippen LogP contribution is -2.11. The van der Waals surface area contributed by atoms with E-state index in [1.54, 1.807) is 14.2 Å². The largest absolute Gasteiger partial charge is 0.496 e. The second-order valence-electron chi connectivity index (χ2n) is 10.7. The van der Waals surface area contributed by atoms with Crippen LogP contribution in [0.4, 0.5) is 0 Å². The fourth-order valence-electron chi connectivity index (χ4n) is 3.75. The zero-order valence-electron chi connectivity index (χ0n) is 21.9. The lowest BCUT2D eigenvalue weighted by molar-refractivity contribution is 0.413. The van der Waals surface area contributed by atoms with E-state index in [9.17, 15) is 0 Å². The molecule has 0 spiro atoms. The maximum absolute atomic E-state index is 5.57. The van der Waals surface area contributed by atoms with E-state index >= 15 is 0 Å². The molecule has 0 amide bonds. The lowest BCUT2D eigenvalue weighted by Gasteiger charge is -2.20. The molecular weight excluding hydrogens is 416 g/mol. The molecule has 0 N–H and O–H groups in total. The molecule has 0 atom stereocenters. The third-order valence-corrected chi connectivity index (χ3v) is 6.04. The predicted molar refractivity (Wildman–Crippen MR) is 148 cm³/mol. The van der Waals surface area contributed by atoms with Crippen LogP contribution in [0.1, 0.15) is 74.9 Å². The minimum absolute atomic E-state index is 0.0952. The van der Waals surface area contributed by atoms with Crippen LogP contribution in [0, 0.1) is 0 Å². The Labute approximate surface area is 206 Å². The molecular formula is C32H38O2. The van der Waals surface area contributed by atoms with Gasteiger partial charge in [-0.2, -0.15) is 0 Å². The fraction of sp³-hybridized carbons (Fsp3) is 0.312. The molecule has 3 rings (SSSR count). The molecule has 0 heterocycles. The van der Waals surface area contributed by atoms with E-state index in [1.165, 1.54) is 11.1 Å². The van der Waals surface area contributed by atoms with Crippen molar-refractivity contribution in [1.82, 2.24) is 0 Å². The van der Waals surface area contributed by atoms with Crippen LogP contribution >= 0.6 is 0 Å². The number of rotatable bonds is 6. The van der Waals surface area contributed by atoms with Crippen molar-refractivity contribution < 1.29 is 9.47 Å². The number of ether oxygens (including phenoxy) is 2. The Morgan fingerprint density at radius 2 is 0.853 bits per heavy atom. The quantitative estimate of drug-likeness (QED) is 0.347. The van der Waals surface area contributed by atoms with E-state index in [-0.39, 0.29) is 10.8 Å². The van der Waals surface area contributed by atoms with Crippen LogP contribution in [-0.2, 0) is 10.8 Å². The number of methoxy groups -OCH3 is 2. The number of hydrogen-bond donors (Lipinski definition) is 0. The average Bonchev–Trinajstić information content (AvgIpc) is 2.80. The SMILES string of the molecule is COc1ccc(C(C)(C)C)cc1C=Cc1ccc(C=Cc2cc(C(C)(C)C)ccc2OC)cc1.